The largest absolute Gasteiger partial charge is 0.369 e. The zero-order valence-corrected chi connectivity index (χ0v) is 25.2. The third-order valence-corrected chi connectivity index (χ3v) is 8.93. The molecule has 0 atom stereocenters. The van der Waals surface area contributed by atoms with Crippen LogP contribution in [0, 0.1) is 0 Å². The number of piperazine rings is 1. The molecule has 0 saturated carbocycles. The number of hydrogen-bond acceptors (Lipinski definition) is 8. The summed E-state index contributed by atoms with van der Waals surface area (Å²) in [6.45, 7) is 5.53. The van der Waals surface area contributed by atoms with Crippen LogP contribution in [0.15, 0.2) is 85.1 Å². The minimum Gasteiger partial charge on any atom is -0.369 e. The molecule has 44 heavy (non-hydrogen) atoms. The first kappa shape index (κ1) is 29.0. The highest BCUT2D eigenvalue weighted by atomic mass is 32.1. The van der Waals surface area contributed by atoms with Gasteiger partial charge >= 0.3 is 0 Å². The lowest BCUT2D eigenvalue weighted by Crippen LogP contribution is -2.44. The molecule has 6 rings (SSSR count). The fourth-order valence-corrected chi connectivity index (χ4v) is 6.01. The van der Waals surface area contributed by atoms with E-state index in [4.69, 9.17) is 0 Å². The van der Waals surface area contributed by atoms with Crippen molar-refractivity contribution >= 4 is 63.0 Å². The second-order valence-electron chi connectivity index (χ2n) is 10.8. The maximum atomic E-state index is 13.4. The van der Waals surface area contributed by atoms with Crippen LogP contribution >= 0.6 is 11.3 Å². The van der Waals surface area contributed by atoms with Crippen molar-refractivity contribution in [3.63, 3.8) is 0 Å². The third-order valence-electron chi connectivity index (χ3n) is 7.74. The number of nitrogens with one attached hydrogen (secondary N) is 3. The van der Waals surface area contributed by atoms with Crippen LogP contribution in [-0.4, -0.2) is 61.5 Å². The molecule has 2 amide bonds. The van der Waals surface area contributed by atoms with Gasteiger partial charge in [0.15, 0.2) is 11.6 Å². The molecule has 0 aliphatic carbocycles. The van der Waals surface area contributed by atoms with Gasteiger partial charge in [0.25, 0.3) is 11.8 Å². The molecule has 0 radical (unpaired) electrons. The number of benzene rings is 3. The van der Waals surface area contributed by atoms with Crippen LogP contribution in [0.5, 0.6) is 0 Å². The van der Waals surface area contributed by atoms with Crippen LogP contribution in [0.1, 0.15) is 47.8 Å². The Morgan fingerprint density at radius 3 is 2.30 bits per heavy atom. The van der Waals surface area contributed by atoms with Gasteiger partial charge in [0.2, 0.25) is 0 Å². The van der Waals surface area contributed by atoms with Crippen molar-refractivity contribution in [2.24, 2.45) is 0 Å². The van der Waals surface area contributed by atoms with Crippen molar-refractivity contribution in [2.75, 3.05) is 54.1 Å². The monoisotopic (exact) mass is 605 g/mol. The molecule has 9 nitrogen and oxygen atoms in total. The summed E-state index contributed by atoms with van der Waals surface area (Å²) in [6, 6.07) is 23.2. The van der Waals surface area contributed by atoms with E-state index in [1.807, 2.05) is 12.1 Å². The molecule has 4 aromatic rings. The SMILES string of the molecule is CC(=O)c1ccc(C(=O)Nc2cccc(C(=O)c3ccc4c(c3)NC(=O)/C4=C/Nc3ccc(N4CCN(C)CC4)cc3)c2)s1. The summed E-state index contributed by atoms with van der Waals surface area (Å²) < 4.78 is 0. The van der Waals surface area contributed by atoms with Gasteiger partial charge in [-0.05, 0) is 68.6 Å². The Morgan fingerprint density at radius 1 is 0.841 bits per heavy atom. The van der Waals surface area contributed by atoms with E-state index in [9.17, 15) is 19.2 Å². The first-order valence-corrected chi connectivity index (χ1v) is 15.1. The van der Waals surface area contributed by atoms with E-state index in [1.165, 1.54) is 12.6 Å². The Hall–Kier alpha value is -5.06. The Labute approximate surface area is 259 Å². The Bertz CT molecular complexity index is 1800. The van der Waals surface area contributed by atoms with E-state index in [0.29, 0.717) is 43.4 Å². The summed E-state index contributed by atoms with van der Waals surface area (Å²) in [5.74, 6) is -0.953. The Balaban J connectivity index is 1.13. The average Bonchev–Trinajstić information content (AvgIpc) is 3.65. The van der Waals surface area contributed by atoms with E-state index in [2.05, 4.69) is 44.9 Å². The molecule has 0 unspecified atom stereocenters. The maximum Gasteiger partial charge on any atom is 0.265 e. The minimum atomic E-state index is -0.355. The van der Waals surface area contributed by atoms with Gasteiger partial charge in [-0.2, -0.15) is 0 Å². The van der Waals surface area contributed by atoms with Crippen molar-refractivity contribution in [1.29, 1.82) is 0 Å². The molecule has 1 fully saturated rings. The van der Waals surface area contributed by atoms with Gasteiger partial charge in [-0.15, -0.1) is 11.3 Å². The Kier molecular flexibility index (Phi) is 8.10. The summed E-state index contributed by atoms with van der Waals surface area (Å²) in [6.07, 6.45) is 1.69. The van der Waals surface area contributed by atoms with Crippen LogP contribution in [0.4, 0.5) is 22.7 Å². The molecule has 222 valence electrons. The summed E-state index contributed by atoms with van der Waals surface area (Å²) in [5.41, 5.74) is 5.04. The topological polar surface area (TPSA) is 111 Å². The number of ketones is 2. The van der Waals surface area contributed by atoms with Crippen LogP contribution in [0.2, 0.25) is 0 Å². The molecule has 1 aromatic heterocycles. The van der Waals surface area contributed by atoms with Gasteiger partial charge < -0.3 is 25.8 Å². The van der Waals surface area contributed by atoms with E-state index < -0.39 is 0 Å². The molecule has 2 aliphatic heterocycles. The number of likely N-dealkylation sites (N-methyl/N-ethyl adjacent to an activating group) is 1. The van der Waals surface area contributed by atoms with Crippen LogP contribution in [-0.2, 0) is 4.79 Å². The number of anilines is 4. The average molecular weight is 606 g/mol. The quantitative estimate of drug-likeness (QED) is 0.177. The molecule has 10 heteroatoms. The van der Waals surface area contributed by atoms with Gasteiger partial charge in [0, 0.05) is 71.8 Å². The minimum absolute atomic E-state index is 0.0995. The number of carbonyl (C=O) groups is 4. The van der Waals surface area contributed by atoms with Gasteiger partial charge in [0.1, 0.15) is 0 Å². The predicted octanol–water partition coefficient (Wildman–Crippen LogP) is 5.59. The lowest BCUT2D eigenvalue weighted by molar-refractivity contribution is -0.110. The van der Waals surface area contributed by atoms with E-state index >= 15 is 0 Å². The number of Topliss-reactive ketones (excluding diaryl/α,β-unsaturated/α-hetero) is 1. The molecule has 3 aromatic carbocycles. The lowest BCUT2D eigenvalue weighted by Gasteiger charge is -2.34. The second-order valence-corrected chi connectivity index (χ2v) is 11.9. The fourth-order valence-electron chi connectivity index (χ4n) is 5.21. The van der Waals surface area contributed by atoms with E-state index in [0.717, 1.165) is 43.2 Å². The number of thiophene rings is 1. The van der Waals surface area contributed by atoms with Gasteiger partial charge in [0.05, 0.1) is 15.3 Å². The van der Waals surface area contributed by atoms with Crippen LogP contribution < -0.4 is 20.9 Å². The lowest BCUT2D eigenvalue weighted by atomic mass is 9.99. The zero-order chi connectivity index (χ0) is 30.8. The number of rotatable bonds is 8. The summed E-state index contributed by atoms with van der Waals surface area (Å²) >= 11 is 1.12. The van der Waals surface area contributed by atoms with Gasteiger partial charge in [-0.3, -0.25) is 19.2 Å². The highest BCUT2D eigenvalue weighted by Gasteiger charge is 2.25. The fraction of sp³-hybridized carbons (Fsp3) is 0.176. The highest BCUT2D eigenvalue weighted by molar-refractivity contribution is 7.16. The van der Waals surface area contributed by atoms with Crippen LogP contribution in [0.3, 0.4) is 0 Å². The molecular formula is C34H31N5O4S. The van der Waals surface area contributed by atoms with Crippen molar-refractivity contribution in [3.05, 3.63) is 112 Å². The summed E-state index contributed by atoms with van der Waals surface area (Å²) in [5, 5.41) is 8.89. The van der Waals surface area contributed by atoms with Gasteiger partial charge in [-0.25, -0.2) is 0 Å². The predicted molar refractivity (Wildman–Crippen MR) is 175 cm³/mol. The maximum absolute atomic E-state index is 13.4. The summed E-state index contributed by atoms with van der Waals surface area (Å²) in [7, 11) is 2.14. The molecule has 1 saturated heterocycles. The summed E-state index contributed by atoms with van der Waals surface area (Å²) in [4.78, 5) is 56.0. The van der Waals surface area contributed by atoms with Crippen molar-refractivity contribution in [3.8, 4) is 0 Å². The van der Waals surface area contributed by atoms with Gasteiger partial charge in [-0.1, -0.05) is 24.3 Å². The van der Waals surface area contributed by atoms with Crippen molar-refractivity contribution in [1.82, 2.24) is 4.90 Å². The highest BCUT2D eigenvalue weighted by Crippen LogP contribution is 2.33. The van der Waals surface area contributed by atoms with E-state index in [-0.39, 0.29) is 23.4 Å². The second kappa shape index (κ2) is 12.3. The number of carbonyl (C=O) groups excluding carboxylic acids is 4. The van der Waals surface area contributed by atoms with Crippen LogP contribution in [0.25, 0.3) is 5.57 Å². The van der Waals surface area contributed by atoms with Crippen molar-refractivity contribution in [2.45, 2.75) is 6.92 Å². The number of fused-ring (bicyclic) bond motifs is 1. The van der Waals surface area contributed by atoms with Crippen molar-refractivity contribution < 1.29 is 19.2 Å². The molecule has 2 aliphatic rings. The number of hydrogen-bond donors (Lipinski definition) is 3. The number of nitrogens with zero attached hydrogens (tertiary/aromatic N) is 2. The first-order chi connectivity index (χ1) is 21.2. The molecule has 0 bridgehead atoms. The molecular weight excluding hydrogens is 574 g/mol. The van der Waals surface area contributed by atoms with E-state index in [1.54, 1.807) is 60.8 Å². The standard InChI is InChI=1S/C34H31N5O4S/c1-21(40)30-12-13-31(44-30)34(43)36-25-5-3-4-22(18-25)32(41)23-6-11-27-28(33(42)37-29(27)19-23)20-35-24-7-9-26(10-8-24)39-16-14-38(2)15-17-39/h3-13,18-20,35H,14-17H2,1-2H3,(H,36,43)(H,37,42)/b28-20+. The third kappa shape index (κ3) is 6.17. The zero-order valence-electron chi connectivity index (χ0n) is 24.3. The Morgan fingerprint density at radius 2 is 1.57 bits per heavy atom. The normalized spacial score (nSPS) is 15.5. The molecule has 3 N–H and O–H groups in total. The molecule has 0 spiro atoms. The smallest absolute Gasteiger partial charge is 0.265 e. The number of amides is 2. The first-order valence-electron chi connectivity index (χ1n) is 14.3. The molecule has 3 heterocycles.